The molecule has 1 heterocycles. The third kappa shape index (κ3) is 2.94. The first-order valence-electron chi connectivity index (χ1n) is 5.94. The molecule has 1 N–H and O–H groups in total. The highest BCUT2D eigenvalue weighted by Crippen LogP contribution is 2.19. The SMILES string of the molecule is CC1NC(=O)C(C)N(Cc2cc(F)cc(Br)c2)C1=O. The maximum absolute atomic E-state index is 13.3. The molecule has 1 aromatic rings. The number of nitrogens with zero attached hydrogens (tertiary/aromatic N) is 1. The number of halogens is 2. The van der Waals surface area contributed by atoms with Crippen molar-refractivity contribution in [3.8, 4) is 0 Å². The average molecular weight is 329 g/mol. The summed E-state index contributed by atoms with van der Waals surface area (Å²) in [6.07, 6.45) is 0. The highest BCUT2D eigenvalue weighted by Gasteiger charge is 2.35. The molecule has 0 spiro atoms. The number of benzene rings is 1. The van der Waals surface area contributed by atoms with Gasteiger partial charge in [0.05, 0.1) is 0 Å². The summed E-state index contributed by atoms with van der Waals surface area (Å²) < 4.78 is 13.9. The van der Waals surface area contributed by atoms with Gasteiger partial charge in [0, 0.05) is 11.0 Å². The van der Waals surface area contributed by atoms with Crippen molar-refractivity contribution in [1.82, 2.24) is 10.2 Å². The number of carbonyl (C=O) groups is 2. The second-order valence-electron chi connectivity index (χ2n) is 4.65. The number of carbonyl (C=O) groups excluding carboxylic acids is 2. The molecule has 0 aliphatic carbocycles. The molecule has 1 saturated heterocycles. The molecule has 0 saturated carbocycles. The molecule has 1 aliphatic rings. The Balaban J connectivity index is 2.24. The number of hydrogen-bond donors (Lipinski definition) is 1. The van der Waals surface area contributed by atoms with E-state index in [2.05, 4.69) is 21.2 Å². The van der Waals surface area contributed by atoms with E-state index in [1.807, 2.05) is 0 Å². The van der Waals surface area contributed by atoms with Gasteiger partial charge in [-0.2, -0.15) is 0 Å². The van der Waals surface area contributed by atoms with Gasteiger partial charge in [-0.1, -0.05) is 15.9 Å². The zero-order valence-corrected chi connectivity index (χ0v) is 12.2. The second kappa shape index (κ2) is 5.28. The minimum atomic E-state index is -0.550. The van der Waals surface area contributed by atoms with Crippen molar-refractivity contribution in [1.29, 1.82) is 0 Å². The van der Waals surface area contributed by atoms with E-state index in [0.29, 0.717) is 10.0 Å². The Bertz CT molecular complexity index is 515. The smallest absolute Gasteiger partial charge is 0.245 e. The van der Waals surface area contributed by atoms with Crippen LogP contribution >= 0.6 is 15.9 Å². The first kappa shape index (κ1) is 14.0. The van der Waals surface area contributed by atoms with Crippen molar-refractivity contribution in [3.63, 3.8) is 0 Å². The highest BCUT2D eigenvalue weighted by molar-refractivity contribution is 9.10. The zero-order valence-electron chi connectivity index (χ0n) is 10.6. The number of rotatable bonds is 2. The Hall–Kier alpha value is -1.43. The summed E-state index contributed by atoms with van der Waals surface area (Å²) >= 11 is 3.21. The van der Waals surface area contributed by atoms with Gasteiger partial charge in [0.1, 0.15) is 17.9 Å². The van der Waals surface area contributed by atoms with Gasteiger partial charge < -0.3 is 10.2 Å². The van der Waals surface area contributed by atoms with E-state index in [4.69, 9.17) is 0 Å². The van der Waals surface area contributed by atoms with Crippen molar-refractivity contribution < 1.29 is 14.0 Å². The lowest BCUT2D eigenvalue weighted by Crippen LogP contribution is -2.60. The number of piperazine rings is 1. The first-order valence-corrected chi connectivity index (χ1v) is 6.73. The quantitative estimate of drug-likeness (QED) is 0.900. The van der Waals surface area contributed by atoms with Crippen molar-refractivity contribution >= 4 is 27.7 Å². The predicted octanol–water partition coefficient (Wildman–Crippen LogP) is 1.82. The summed E-state index contributed by atoms with van der Waals surface area (Å²) in [7, 11) is 0. The molecule has 0 aromatic heterocycles. The van der Waals surface area contributed by atoms with Crippen molar-refractivity contribution in [3.05, 3.63) is 34.1 Å². The summed E-state index contributed by atoms with van der Waals surface area (Å²) in [5, 5.41) is 2.60. The summed E-state index contributed by atoms with van der Waals surface area (Å²) in [6, 6.07) is 3.36. The van der Waals surface area contributed by atoms with E-state index in [9.17, 15) is 14.0 Å². The Kier molecular flexibility index (Phi) is 3.89. The maximum atomic E-state index is 13.3. The van der Waals surface area contributed by atoms with Gasteiger partial charge in [-0.3, -0.25) is 9.59 Å². The molecule has 19 heavy (non-hydrogen) atoms. The molecule has 1 aliphatic heterocycles. The van der Waals surface area contributed by atoms with Crippen molar-refractivity contribution in [2.24, 2.45) is 0 Å². The molecular formula is C13H14BrFN2O2. The molecule has 2 rings (SSSR count). The minimum absolute atomic E-state index is 0.160. The number of amides is 2. The van der Waals surface area contributed by atoms with Crippen molar-refractivity contribution in [2.75, 3.05) is 0 Å². The lowest BCUT2D eigenvalue weighted by atomic mass is 10.1. The molecule has 2 unspecified atom stereocenters. The van der Waals surface area contributed by atoms with Crippen LogP contribution in [0, 0.1) is 5.82 Å². The maximum Gasteiger partial charge on any atom is 0.245 e. The Morgan fingerprint density at radius 1 is 1.32 bits per heavy atom. The number of hydrogen-bond acceptors (Lipinski definition) is 2. The number of nitrogens with one attached hydrogen (secondary N) is 1. The largest absolute Gasteiger partial charge is 0.343 e. The normalized spacial score (nSPS) is 23.5. The molecular weight excluding hydrogens is 315 g/mol. The molecule has 2 amide bonds. The molecule has 0 radical (unpaired) electrons. The van der Waals surface area contributed by atoms with E-state index in [1.54, 1.807) is 19.9 Å². The van der Waals surface area contributed by atoms with Crippen LogP contribution in [-0.2, 0) is 16.1 Å². The fourth-order valence-electron chi connectivity index (χ4n) is 2.09. The molecule has 102 valence electrons. The van der Waals surface area contributed by atoms with Crippen LogP contribution in [-0.4, -0.2) is 28.8 Å². The Morgan fingerprint density at radius 2 is 2.00 bits per heavy atom. The lowest BCUT2D eigenvalue weighted by Gasteiger charge is -2.36. The van der Waals surface area contributed by atoms with Crippen LogP contribution < -0.4 is 5.32 Å². The van der Waals surface area contributed by atoms with E-state index in [0.717, 1.165) is 0 Å². The topological polar surface area (TPSA) is 49.4 Å². The van der Waals surface area contributed by atoms with Crippen LogP contribution in [0.5, 0.6) is 0 Å². The summed E-state index contributed by atoms with van der Waals surface area (Å²) in [5.41, 5.74) is 0.647. The fourth-order valence-corrected chi connectivity index (χ4v) is 2.60. The molecule has 2 atom stereocenters. The monoisotopic (exact) mass is 328 g/mol. The second-order valence-corrected chi connectivity index (χ2v) is 5.57. The highest BCUT2D eigenvalue weighted by atomic mass is 79.9. The van der Waals surface area contributed by atoms with Gasteiger partial charge in [-0.15, -0.1) is 0 Å². The minimum Gasteiger partial charge on any atom is -0.343 e. The van der Waals surface area contributed by atoms with Gasteiger partial charge >= 0.3 is 0 Å². The Labute approximate surface area is 119 Å². The van der Waals surface area contributed by atoms with Crippen molar-refractivity contribution in [2.45, 2.75) is 32.5 Å². The predicted molar refractivity (Wildman–Crippen MR) is 71.7 cm³/mol. The van der Waals surface area contributed by atoms with Gasteiger partial charge in [0.15, 0.2) is 0 Å². The molecule has 1 fully saturated rings. The first-order chi connectivity index (χ1) is 8.88. The van der Waals surface area contributed by atoms with E-state index >= 15 is 0 Å². The van der Waals surface area contributed by atoms with Crippen LogP contribution in [0.3, 0.4) is 0 Å². The fraction of sp³-hybridized carbons (Fsp3) is 0.385. The standard InChI is InChI=1S/C13H14BrFN2O2/c1-7-13(19)17(8(2)12(18)16-7)6-9-3-10(14)5-11(15)4-9/h3-5,7-8H,6H2,1-2H3,(H,16,18). The van der Waals surface area contributed by atoms with Crippen LogP contribution in [0.15, 0.2) is 22.7 Å². The molecule has 4 nitrogen and oxygen atoms in total. The zero-order chi connectivity index (χ0) is 14.2. The van der Waals surface area contributed by atoms with Gasteiger partial charge in [-0.05, 0) is 37.6 Å². The summed E-state index contributed by atoms with van der Waals surface area (Å²) in [4.78, 5) is 25.2. The molecule has 6 heteroatoms. The third-order valence-corrected chi connectivity index (χ3v) is 3.59. The average Bonchev–Trinajstić information content (AvgIpc) is 2.31. The van der Waals surface area contributed by atoms with E-state index in [1.165, 1.54) is 17.0 Å². The third-order valence-electron chi connectivity index (χ3n) is 3.13. The summed E-state index contributed by atoms with van der Waals surface area (Å²) in [5.74, 6) is -0.728. The van der Waals surface area contributed by atoms with Gasteiger partial charge in [-0.25, -0.2) is 4.39 Å². The van der Waals surface area contributed by atoms with Gasteiger partial charge in [0.2, 0.25) is 11.8 Å². The van der Waals surface area contributed by atoms with Crippen LogP contribution in [0.25, 0.3) is 0 Å². The van der Waals surface area contributed by atoms with E-state index in [-0.39, 0.29) is 24.2 Å². The van der Waals surface area contributed by atoms with Crippen LogP contribution in [0.4, 0.5) is 4.39 Å². The van der Waals surface area contributed by atoms with E-state index < -0.39 is 12.1 Å². The molecule has 1 aromatic carbocycles. The summed E-state index contributed by atoms with van der Waals surface area (Å²) in [6.45, 7) is 3.52. The van der Waals surface area contributed by atoms with Crippen LogP contribution in [0.2, 0.25) is 0 Å². The Morgan fingerprint density at radius 3 is 2.63 bits per heavy atom. The van der Waals surface area contributed by atoms with Crippen LogP contribution in [0.1, 0.15) is 19.4 Å². The molecule has 0 bridgehead atoms. The lowest BCUT2D eigenvalue weighted by molar-refractivity contribution is -0.148. The van der Waals surface area contributed by atoms with Gasteiger partial charge in [0.25, 0.3) is 0 Å².